The second-order valence-electron chi connectivity index (χ2n) is 6.40. The molecular weight excluding hydrogens is 421 g/mol. The zero-order valence-electron chi connectivity index (χ0n) is 15.6. The van der Waals surface area contributed by atoms with Crippen LogP contribution in [-0.2, 0) is 10.1 Å². The summed E-state index contributed by atoms with van der Waals surface area (Å²) in [6, 6.07) is 22.9. The minimum Gasteiger partial charge on any atom is -0.375 e. The topological polar surface area (TPSA) is 43.4 Å². The van der Waals surface area contributed by atoms with E-state index in [4.69, 9.17) is 0 Å². The molecule has 0 amide bonds. The zero-order chi connectivity index (χ0) is 21.2. The number of rotatable bonds is 5. The van der Waals surface area contributed by atoms with E-state index in [1.807, 2.05) is 60.7 Å². The molecule has 0 atom stereocenters. The smallest absolute Gasteiger partial charge is 0.375 e. The predicted molar refractivity (Wildman–Crippen MR) is 108 cm³/mol. The fourth-order valence-electron chi connectivity index (χ4n) is 2.95. The summed E-state index contributed by atoms with van der Waals surface area (Å²) in [5.41, 5.74) is -4.83. The summed E-state index contributed by atoms with van der Waals surface area (Å²) in [5, 5.41) is 0. The molecule has 0 aliphatic rings. The molecule has 0 aliphatic carbocycles. The molecule has 0 spiro atoms. The van der Waals surface area contributed by atoms with Crippen LogP contribution in [0.3, 0.4) is 0 Å². The normalized spacial score (nSPS) is 12.5. The minimum atomic E-state index is -5.73. The number of benzene rings is 3. The number of halogens is 3. The largest absolute Gasteiger partial charge is 0.534 e. The van der Waals surface area contributed by atoms with Crippen LogP contribution in [-0.4, -0.2) is 13.9 Å². The maximum Gasteiger partial charge on any atom is 0.534 e. The Morgan fingerprint density at radius 1 is 0.759 bits per heavy atom. The third-order valence-corrected chi connectivity index (χ3v) is 7.57. The summed E-state index contributed by atoms with van der Waals surface area (Å²) in [6.45, 7) is 3.09. The third-order valence-electron chi connectivity index (χ3n) is 4.21. The van der Waals surface area contributed by atoms with E-state index in [0.29, 0.717) is 11.1 Å². The van der Waals surface area contributed by atoms with Crippen molar-refractivity contribution in [1.82, 2.24) is 0 Å². The molecule has 3 rings (SSSR count). The van der Waals surface area contributed by atoms with Gasteiger partial charge in [-0.1, -0.05) is 36.4 Å². The maximum absolute atomic E-state index is 12.7. The second-order valence-corrected chi connectivity index (χ2v) is 10.2. The molecule has 0 bridgehead atoms. The lowest BCUT2D eigenvalue weighted by Crippen LogP contribution is -2.28. The first kappa shape index (κ1) is 21.3. The fraction of sp³-hybridized carbons (Fsp3) is 0.143. The molecule has 0 heterocycles. The summed E-state index contributed by atoms with van der Waals surface area (Å²) in [5.74, 6) is -0.290. The maximum atomic E-state index is 12.7. The van der Waals surface area contributed by atoms with Crippen LogP contribution in [0.2, 0.25) is 0 Å². The molecule has 0 N–H and O–H groups in total. The molecule has 0 saturated heterocycles. The van der Waals surface area contributed by atoms with Gasteiger partial charge in [0.2, 0.25) is 0 Å². The molecule has 0 aliphatic heterocycles. The Morgan fingerprint density at radius 3 is 1.55 bits per heavy atom. The van der Waals surface area contributed by atoms with Gasteiger partial charge in [0.1, 0.15) is 5.75 Å². The van der Waals surface area contributed by atoms with Crippen molar-refractivity contribution in [3.8, 4) is 5.75 Å². The molecule has 3 aromatic carbocycles. The lowest BCUT2D eigenvalue weighted by molar-refractivity contribution is -0.0500. The molecule has 0 saturated carbocycles. The number of aryl methyl sites for hydroxylation is 2. The summed E-state index contributed by atoms with van der Waals surface area (Å²) >= 11 is 0. The number of hydrogen-bond acceptors (Lipinski definition) is 3. The van der Waals surface area contributed by atoms with Crippen molar-refractivity contribution < 1.29 is 25.8 Å². The van der Waals surface area contributed by atoms with Crippen molar-refractivity contribution in [1.29, 1.82) is 0 Å². The first-order valence-electron chi connectivity index (χ1n) is 8.62. The summed E-state index contributed by atoms with van der Waals surface area (Å²) in [4.78, 5) is 3.04. The Bertz CT molecular complexity index is 1030. The van der Waals surface area contributed by atoms with Gasteiger partial charge in [0.05, 0.1) is 0 Å². The Balaban J connectivity index is 2.10. The van der Waals surface area contributed by atoms with E-state index in [1.165, 1.54) is 0 Å². The highest BCUT2D eigenvalue weighted by molar-refractivity contribution is 8.17. The molecule has 8 heteroatoms. The minimum absolute atomic E-state index is 0.290. The number of thiol groups is 1. The molecule has 0 fully saturated rings. The van der Waals surface area contributed by atoms with Crippen LogP contribution in [0.25, 0.3) is 0 Å². The Kier molecular flexibility index (Phi) is 5.95. The highest BCUT2D eigenvalue weighted by Gasteiger charge is 2.48. The van der Waals surface area contributed by atoms with Crippen LogP contribution in [0.15, 0.2) is 87.5 Å². The van der Waals surface area contributed by atoms with Gasteiger partial charge in [-0.15, -0.1) is 0 Å². The monoisotopic (exact) mass is 440 g/mol. The van der Waals surface area contributed by atoms with Crippen molar-refractivity contribution in [2.75, 3.05) is 0 Å². The molecule has 0 radical (unpaired) electrons. The van der Waals surface area contributed by atoms with Crippen LogP contribution >= 0.6 is 10.9 Å². The number of alkyl halides is 3. The van der Waals surface area contributed by atoms with Gasteiger partial charge in [0.15, 0.2) is 0 Å². The van der Waals surface area contributed by atoms with Gasteiger partial charge < -0.3 is 4.18 Å². The fourth-order valence-corrected chi connectivity index (χ4v) is 6.00. The van der Waals surface area contributed by atoms with Gasteiger partial charge in [-0.3, -0.25) is 0 Å². The zero-order valence-corrected chi connectivity index (χ0v) is 17.4. The molecule has 0 unspecified atom stereocenters. The van der Waals surface area contributed by atoms with Crippen molar-refractivity contribution in [2.24, 2.45) is 0 Å². The first-order valence-corrected chi connectivity index (χ1v) is 11.4. The van der Waals surface area contributed by atoms with E-state index >= 15 is 0 Å². The van der Waals surface area contributed by atoms with E-state index in [9.17, 15) is 21.6 Å². The SMILES string of the molecule is Cc1cc([SH](c2ccccc2)c2ccccc2)cc(C)c1OS(=O)(=O)C(F)(F)F. The summed E-state index contributed by atoms with van der Waals surface area (Å²) in [6.07, 6.45) is 0. The molecule has 3 nitrogen and oxygen atoms in total. The quantitative estimate of drug-likeness (QED) is 0.300. The van der Waals surface area contributed by atoms with Gasteiger partial charge in [-0.25, -0.2) is 0 Å². The standard InChI is InChI=1S/C21H19F3O3S2/c1-15-13-19(14-16(2)20(15)27-29(25,26)21(22,23)24)28(17-9-5-3-6-10-17)18-11-7-4-8-12-18/h3-14,28H,1-2H3. The van der Waals surface area contributed by atoms with Crippen LogP contribution in [0.5, 0.6) is 5.75 Å². The van der Waals surface area contributed by atoms with Gasteiger partial charge in [0, 0.05) is 0 Å². The molecule has 154 valence electrons. The van der Waals surface area contributed by atoms with Gasteiger partial charge in [0.25, 0.3) is 0 Å². The molecular formula is C21H19F3O3S2. The third kappa shape index (κ3) is 4.59. The number of hydrogen-bond donors (Lipinski definition) is 1. The molecule has 0 aromatic heterocycles. The first-order chi connectivity index (χ1) is 13.6. The van der Waals surface area contributed by atoms with Gasteiger partial charge >= 0.3 is 15.6 Å². The van der Waals surface area contributed by atoms with E-state index in [1.54, 1.807) is 26.0 Å². The van der Waals surface area contributed by atoms with Crippen molar-refractivity contribution in [3.05, 3.63) is 83.9 Å². The Labute approximate surface area is 170 Å². The Morgan fingerprint density at radius 2 is 1.17 bits per heavy atom. The van der Waals surface area contributed by atoms with E-state index in [2.05, 4.69) is 4.18 Å². The second kappa shape index (κ2) is 8.12. The van der Waals surface area contributed by atoms with Crippen LogP contribution in [0.1, 0.15) is 11.1 Å². The Hall–Kier alpha value is -2.45. The van der Waals surface area contributed by atoms with Crippen molar-refractivity contribution in [3.63, 3.8) is 0 Å². The van der Waals surface area contributed by atoms with Gasteiger partial charge in [-0.2, -0.15) is 32.5 Å². The van der Waals surface area contributed by atoms with E-state index in [-0.39, 0.29) is 5.75 Å². The molecule has 3 aromatic rings. The van der Waals surface area contributed by atoms with Gasteiger partial charge in [-0.05, 0) is 76.1 Å². The van der Waals surface area contributed by atoms with Crippen molar-refractivity contribution in [2.45, 2.75) is 34.0 Å². The average Bonchev–Trinajstić information content (AvgIpc) is 2.66. The molecule has 29 heavy (non-hydrogen) atoms. The highest BCUT2D eigenvalue weighted by Crippen LogP contribution is 2.52. The average molecular weight is 441 g/mol. The lowest BCUT2D eigenvalue weighted by atomic mass is 10.1. The summed E-state index contributed by atoms with van der Waals surface area (Å²) < 4.78 is 65.5. The van der Waals surface area contributed by atoms with Crippen LogP contribution < -0.4 is 4.18 Å². The van der Waals surface area contributed by atoms with Crippen LogP contribution in [0, 0.1) is 13.8 Å². The van der Waals surface area contributed by atoms with E-state index in [0.717, 1.165) is 14.7 Å². The summed E-state index contributed by atoms with van der Waals surface area (Å²) in [7, 11) is -6.70. The van der Waals surface area contributed by atoms with E-state index < -0.39 is 26.5 Å². The highest BCUT2D eigenvalue weighted by atomic mass is 32.2. The van der Waals surface area contributed by atoms with Crippen LogP contribution in [0.4, 0.5) is 13.2 Å². The predicted octanol–water partition coefficient (Wildman–Crippen LogP) is 6.01. The van der Waals surface area contributed by atoms with Crippen molar-refractivity contribution >= 4 is 21.0 Å². The lowest BCUT2D eigenvalue weighted by Gasteiger charge is -2.25.